The topological polar surface area (TPSA) is 59.1 Å². The van der Waals surface area contributed by atoms with E-state index >= 15 is 0 Å². The van der Waals surface area contributed by atoms with E-state index in [0.717, 1.165) is 11.3 Å². The molecule has 0 saturated carbocycles. The first-order chi connectivity index (χ1) is 13.0. The molecule has 0 fully saturated rings. The second-order valence-electron chi connectivity index (χ2n) is 6.65. The Bertz CT molecular complexity index is 915. The zero-order chi connectivity index (χ0) is 19.2. The smallest absolute Gasteiger partial charge is 0.226 e. The maximum absolute atomic E-state index is 12.3. The summed E-state index contributed by atoms with van der Waals surface area (Å²) in [4.78, 5) is 28.9. The summed E-state index contributed by atoms with van der Waals surface area (Å²) in [7, 11) is 0. The van der Waals surface area contributed by atoms with Gasteiger partial charge in [-0.25, -0.2) is 4.98 Å². The summed E-state index contributed by atoms with van der Waals surface area (Å²) in [5, 5.41) is 5.24. The van der Waals surface area contributed by atoms with Crippen molar-refractivity contribution in [1.82, 2.24) is 4.98 Å². The minimum Gasteiger partial charge on any atom is -0.302 e. The second kappa shape index (κ2) is 8.73. The van der Waals surface area contributed by atoms with Gasteiger partial charge in [0.15, 0.2) is 10.9 Å². The maximum Gasteiger partial charge on any atom is 0.226 e. The summed E-state index contributed by atoms with van der Waals surface area (Å²) < 4.78 is 0. The Balaban J connectivity index is 1.52. The van der Waals surface area contributed by atoms with Crippen LogP contribution in [0.15, 0.2) is 60.0 Å². The lowest BCUT2D eigenvalue weighted by molar-refractivity contribution is -0.116. The number of carbonyl (C=O) groups excluding carboxylic acids is 2. The first kappa shape index (κ1) is 19.0. The van der Waals surface area contributed by atoms with E-state index in [1.807, 2.05) is 60.0 Å². The molecule has 1 heterocycles. The fourth-order valence-corrected chi connectivity index (χ4v) is 3.42. The van der Waals surface area contributed by atoms with Crippen LogP contribution in [0.5, 0.6) is 0 Å². The van der Waals surface area contributed by atoms with Gasteiger partial charge in [0.1, 0.15) is 0 Å². The molecule has 0 bridgehead atoms. The molecule has 4 nitrogen and oxygen atoms in total. The van der Waals surface area contributed by atoms with Crippen LogP contribution in [0.2, 0.25) is 0 Å². The normalized spacial score (nSPS) is 10.8. The van der Waals surface area contributed by atoms with E-state index in [9.17, 15) is 9.59 Å². The number of hydrogen-bond acceptors (Lipinski definition) is 4. The number of anilines is 1. The minimum absolute atomic E-state index is 0.0235. The van der Waals surface area contributed by atoms with Crippen molar-refractivity contribution in [2.75, 3.05) is 5.32 Å². The van der Waals surface area contributed by atoms with Crippen LogP contribution >= 0.6 is 11.3 Å². The monoisotopic (exact) mass is 378 g/mol. The standard InChI is InChI=1S/C22H22N2O2S/c1-15(2)16-8-10-18(11-9-16)20(25)12-13-21(26)24-22-23-19(14-27-22)17-6-4-3-5-7-17/h3-11,14-15H,12-13H2,1-2H3,(H,23,24,26). The molecule has 27 heavy (non-hydrogen) atoms. The van der Waals surface area contributed by atoms with Crippen LogP contribution in [-0.4, -0.2) is 16.7 Å². The van der Waals surface area contributed by atoms with Gasteiger partial charge in [0, 0.05) is 29.3 Å². The van der Waals surface area contributed by atoms with E-state index < -0.39 is 0 Å². The Morgan fingerprint density at radius 1 is 1.00 bits per heavy atom. The number of nitrogens with one attached hydrogen (secondary N) is 1. The maximum atomic E-state index is 12.3. The highest BCUT2D eigenvalue weighted by Gasteiger charge is 2.12. The van der Waals surface area contributed by atoms with E-state index in [4.69, 9.17) is 0 Å². The lowest BCUT2D eigenvalue weighted by Crippen LogP contribution is -2.13. The van der Waals surface area contributed by atoms with Gasteiger partial charge in [0.25, 0.3) is 0 Å². The summed E-state index contributed by atoms with van der Waals surface area (Å²) >= 11 is 1.38. The molecule has 0 spiro atoms. The average Bonchev–Trinajstić information content (AvgIpc) is 3.15. The zero-order valence-corrected chi connectivity index (χ0v) is 16.3. The Hall–Kier alpha value is -2.79. The summed E-state index contributed by atoms with van der Waals surface area (Å²) in [5.74, 6) is 0.208. The number of ketones is 1. The molecule has 0 saturated heterocycles. The SMILES string of the molecule is CC(C)c1ccc(C(=O)CCC(=O)Nc2nc(-c3ccccc3)cs2)cc1. The molecular formula is C22H22N2O2S. The zero-order valence-electron chi connectivity index (χ0n) is 15.4. The molecule has 138 valence electrons. The number of Topliss-reactive ketones (excluding diaryl/α,β-unsaturated/α-hetero) is 1. The molecule has 0 aliphatic heterocycles. The van der Waals surface area contributed by atoms with Gasteiger partial charge >= 0.3 is 0 Å². The van der Waals surface area contributed by atoms with Gasteiger partial charge in [0.2, 0.25) is 5.91 Å². The third-order valence-electron chi connectivity index (χ3n) is 4.30. The first-order valence-corrected chi connectivity index (χ1v) is 9.85. The summed E-state index contributed by atoms with van der Waals surface area (Å²) in [6.45, 7) is 4.23. The molecule has 1 aromatic heterocycles. The fraction of sp³-hybridized carbons (Fsp3) is 0.227. The van der Waals surface area contributed by atoms with Crippen molar-refractivity contribution in [3.63, 3.8) is 0 Å². The van der Waals surface area contributed by atoms with Gasteiger partial charge in [-0.3, -0.25) is 9.59 Å². The van der Waals surface area contributed by atoms with Crippen LogP contribution in [0.25, 0.3) is 11.3 Å². The molecule has 0 aliphatic rings. The molecule has 0 atom stereocenters. The highest BCUT2D eigenvalue weighted by molar-refractivity contribution is 7.14. The minimum atomic E-state index is -0.198. The molecule has 0 radical (unpaired) electrons. The van der Waals surface area contributed by atoms with Crippen LogP contribution in [0.1, 0.15) is 48.5 Å². The van der Waals surface area contributed by atoms with Gasteiger partial charge in [-0.15, -0.1) is 11.3 Å². The van der Waals surface area contributed by atoms with Crippen LogP contribution in [0.4, 0.5) is 5.13 Å². The molecule has 2 aromatic carbocycles. The van der Waals surface area contributed by atoms with E-state index in [0.29, 0.717) is 16.6 Å². The van der Waals surface area contributed by atoms with E-state index in [1.54, 1.807) is 0 Å². The van der Waals surface area contributed by atoms with E-state index in [2.05, 4.69) is 24.1 Å². The number of aromatic nitrogens is 1. The first-order valence-electron chi connectivity index (χ1n) is 8.97. The summed E-state index contributed by atoms with van der Waals surface area (Å²) in [6, 6.07) is 17.4. The third-order valence-corrected chi connectivity index (χ3v) is 5.06. The Kier molecular flexibility index (Phi) is 6.14. The predicted octanol–water partition coefficient (Wildman–Crippen LogP) is 5.54. The van der Waals surface area contributed by atoms with Crippen molar-refractivity contribution in [2.45, 2.75) is 32.6 Å². The highest BCUT2D eigenvalue weighted by atomic mass is 32.1. The lowest BCUT2D eigenvalue weighted by Gasteiger charge is -2.06. The molecule has 3 aromatic rings. The van der Waals surface area contributed by atoms with Crippen LogP contribution in [-0.2, 0) is 4.79 Å². The number of rotatable bonds is 7. The van der Waals surface area contributed by atoms with Crippen molar-refractivity contribution in [2.24, 2.45) is 0 Å². The van der Waals surface area contributed by atoms with Crippen molar-refractivity contribution >= 4 is 28.2 Å². The number of thiazole rings is 1. The van der Waals surface area contributed by atoms with Crippen LogP contribution in [0, 0.1) is 0 Å². The number of benzene rings is 2. The second-order valence-corrected chi connectivity index (χ2v) is 7.51. The van der Waals surface area contributed by atoms with Gasteiger partial charge < -0.3 is 5.32 Å². The van der Waals surface area contributed by atoms with Crippen molar-refractivity contribution in [3.8, 4) is 11.3 Å². The Morgan fingerprint density at radius 2 is 1.70 bits per heavy atom. The van der Waals surface area contributed by atoms with Gasteiger partial charge in [-0.05, 0) is 11.5 Å². The molecule has 0 unspecified atom stereocenters. The molecule has 5 heteroatoms. The van der Waals surface area contributed by atoms with Gasteiger partial charge in [-0.1, -0.05) is 68.4 Å². The molecule has 3 rings (SSSR count). The summed E-state index contributed by atoms with van der Waals surface area (Å²) in [6.07, 6.45) is 0.328. The molecular weight excluding hydrogens is 356 g/mol. The van der Waals surface area contributed by atoms with Gasteiger partial charge in [0.05, 0.1) is 5.69 Å². The van der Waals surface area contributed by atoms with Crippen molar-refractivity contribution < 1.29 is 9.59 Å². The fourth-order valence-electron chi connectivity index (χ4n) is 2.68. The highest BCUT2D eigenvalue weighted by Crippen LogP contribution is 2.24. The molecule has 1 N–H and O–H groups in total. The summed E-state index contributed by atoms with van der Waals surface area (Å²) in [5.41, 5.74) is 3.68. The van der Waals surface area contributed by atoms with E-state index in [1.165, 1.54) is 16.9 Å². The van der Waals surface area contributed by atoms with Crippen LogP contribution < -0.4 is 5.32 Å². The quantitative estimate of drug-likeness (QED) is 0.550. The van der Waals surface area contributed by atoms with Crippen molar-refractivity contribution in [1.29, 1.82) is 0 Å². The number of amides is 1. The predicted molar refractivity (Wildman–Crippen MR) is 110 cm³/mol. The number of nitrogens with zero attached hydrogens (tertiary/aromatic N) is 1. The largest absolute Gasteiger partial charge is 0.302 e. The van der Waals surface area contributed by atoms with Crippen molar-refractivity contribution in [3.05, 3.63) is 71.1 Å². The molecule has 1 amide bonds. The third kappa shape index (κ3) is 5.11. The number of hydrogen-bond donors (Lipinski definition) is 1. The average molecular weight is 378 g/mol. The van der Waals surface area contributed by atoms with Gasteiger partial charge in [-0.2, -0.15) is 0 Å². The molecule has 0 aliphatic carbocycles. The lowest BCUT2D eigenvalue weighted by atomic mass is 9.99. The Labute approximate surface area is 163 Å². The number of carbonyl (C=O) groups is 2. The van der Waals surface area contributed by atoms with Crippen LogP contribution in [0.3, 0.4) is 0 Å². The Morgan fingerprint density at radius 3 is 2.37 bits per heavy atom. The van der Waals surface area contributed by atoms with E-state index in [-0.39, 0.29) is 24.5 Å².